The van der Waals surface area contributed by atoms with Crippen LogP contribution >= 0.6 is 0 Å². The molecular weight excluding hydrogens is 553 g/mol. The highest BCUT2D eigenvalue weighted by molar-refractivity contribution is 7.92. The fourth-order valence-corrected chi connectivity index (χ4v) is 6.00. The Bertz CT molecular complexity index is 1610. The lowest BCUT2D eigenvalue weighted by atomic mass is 10.0. The summed E-state index contributed by atoms with van der Waals surface area (Å²) in [4.78, 5) is 28.9. The van der Waals surface area contributed by atoms with Crippen LogP contribution in [0.2, 0.25) is 0 Å². The molecule has 2 amide bonds. The number of nitrogens with one attached hydrogen (secondary N) is 1. The van der Waals surface area contributed by atoms with Crippen molar-refractivity contribution in [3.8, 4) is 0 Å². The number of halogens is 1. The van der Waals surface area contributed by atoms with Crippen molar-refractivity contribution in [2.75, 3.05) is 17.9 Å². The van der Waals surface area contributed by atoms with Crippen LogP contribution in [0.1, 0.15) is 22.3 Å². The van der Waals surface area contributed by atoms with Crippen LogP contribution in [-0.4, -0.2) is 44.8 Å². The van der Waals surface area contributed by atoms with Gasteiger partial charge in [-0.25, -0.2) is 12.8 Å². The average Bonchev–Trinajstić information content (AvgIpc) is 2.99. The minimum absolute atomic E-state index is 0.0116. The van der Waals surface area contributed by atoms with E-state index in [-0.39, 0.29) is 29.5 Å². The van der Waals surface area contributed by atoms with Gasteiger partial charge in [0.15, 0.2) is 0 Å². The number of sulfonamides is 1. The van der Waals surface area contributed by atoms with Crippen LogP contribution in [0.15, 0.2) is 108 Å². The highest BCUT2D eigenvalue weighted by Crippen LogP contribution is 2.25. The van der Waals surface area contributed by atoms with E-state index >= 15 is 0 Å². The van der Waals surface area contributed by atoms with E-state index in [0.29, 0.717) is 0 Å². The number of hydrogen-bond donors (Lipinski definition) is 1. The molecule has 0 spiro atoms. The third-order valence-corrected chi connectivity index (χ3v) is 8.78. The maximum absolute atomic E-state index is 14.2. The molecule has 4 aromatic rings. The molecule has 0 aromatic heterocycles. The molecule has 0 heterocycles. The lowest BCUT2D eigenvalue weighted by Gasteiger charge is -2.33. The van der Waals surface area contributed by atoms with Crippen molar-refractivity contribution in [3.63, 3.8) is 0 Å². The SMILES string of the molecule is CNC(=O)[C@@H](Cc1ccccc1)N(Cc1ccc(C)cc1)C(=O)CN(c1ccc(F)cc1)S(=O)(=O)c1ccc(C)cc1. The van der Waals surface area contributed by atoms with Gasteiger partial charge < -0.3 is 10.2 Å². The first-order valence-corrected chi connectivity index (χ1v) is 15.0. The predicted molar refractivity (Wildman–Crippen MR) is 162 cm³/mol. The zero-order valence-corrected chi connectivity index (χ0v) is 24.6. The third kappa shape index (κ3) is 7.41. The molecule has 0 aliphatic heterocycles. The molecule has 1 N–H and O–H groups in total. The van der Waals surface area contributed by atoms with Gasteiger partial charge in [0.2, 0.25) is 11.8 Å². The molecule has 0 unspecified atom stereocenters. The Morgan fingerprint density at radius 1 is 0.786 bits per heavy atom. The molecule has 9 heteroatoms. The molecule has 218 valence electrons. The Kier molecular flexibility index (Phi) is 9.75. The Morgan fingerprint density at radius 2 is 1.36 bits per heavy atom. The van der Waals surface area contributed by atoms with Crippen LogP contribution in [-0.2, 0) is 32.6 Å². The van der Waals surface area contributed by atoms with Crippen LogP contribution in [0.5, 0.6) is 0 Å². The topological polar surface area (TPSA) is 86.8 Å². The van der Waals surface area contributed by atoms with Gasteiger partial charge in [0.25, 0.3) is 10.0 Å². The van der Waals surface area contributed by atoms with Gasteiger partial charge in [-0.2, -0.15) is 0 Å². The van der Waals surface area contributed by atoms with Crippen molar-refractivity contribution >= 4 is 27.5 Å². The standard InChI is InChI=1S/C33H34FN3O4S/c1-24-9-13-27(14-10-24)22-36(31(33(39)35-3)21-26-7-5-4-6-8-26)32(38)23-37(29-17-15-28(34)16-18-29)42(40,41)30-19-11-25(2)12-20-30/h4-20,31H,21-23H2,1-3H3,(H,35,39)/t31-/m1/s1. The Hall–Kier alpha value is -4.50. The van der Waals surface area contributed by atoms with Crippen LogP contribution in [0.4, 0.5) is 10.1 Å². The van der Waals surface area contributed by atoms with Gasteiger partial charge in [-0.3, -0.25) is 13.9 Å². The molecule has 0 saturated heterocycles. The monoisotopic (exact) mass is 587 g/mol. The molecular formula is C33H34FN3O4S. The maximum atomic E-state index is 14.2. The number of benzene rings is 4. The number of aryl methyl sites for hydroxylation is 2. The molecule has 4 aromatic carbocycles. The Balaban J connectivity index is 1.77. The highest BCUT2D eigenvalue weighted by Gasteiger charge is 2.34. The van der Waals surface area contributed by atoms with Crippen molar-refractivity contribution in [1.82, 2.24) is 10.2 Å². The van der Waals surface area contributed by atoms with E-state index in [1.165, 1.54) is 36.2 Å². The van der Waals surface area contributed by atoms with Crippen molar-refractivity contribution in [2.45, 2.75) is 37.8 Å². The van der Waals surface area contributed by atoms with E-state index in [2.05, 4.69) is 5.32 Å². The van der Waals surface area contributed by atoms with E-state index in [1.54, 1.807) is 12.1 Å². The second-order valence-corrected chi connectivity index (χ2v) is 12.0. The number of carbonyl (C=O) groups excluding carboxylic acids is 2. The van der Waals surface area contributed by atoms with Crippen molar-refractivity contribution < 1.29 is 22.4 Å². The molecule has 0 radical (unpaired) electrons. The van der Waals surface area contributed by atoms with Gasteiger partial charge in [0, 0.05) is 20.0 Å². The van der Waals surface area contributed by atoms with Crippen molar-refractivity contribution in [2.24, 2.45) is 0 Å². The van der Waals surface area contributed by atoms with Crippen molar-refractivity contribution in [1.29, 1.82) is 0 Å². The smallest absolute Gasteiger partial charge is 0.264 e. The number of carbonyl (C=O) groups is 2. The normalized spacial score (nSPS) is 11.9. The Morgan fingerprint density at radius 3 is 1.93 bits per heavy atom. The summed E-state index contributed by atoms with van der Waals surface area (Å²) in [5.74, 6) is -1.50. The average molecular weight is 588 g/mol. The zero-order chi connectivity index (χ0) is 30.3. The fraction of sp³-hybridized carbons (Fsp3) is 0.212. The minimum Gasteiger partial charge on any atom is -0.357 e. The van der Waals surface area contributed by atoms with E-state index in [4.69, 9.17) is 0 Å². The second-order valence-electron chi connectivity index (χ2n) is 10.1. The number of likely N-dealkylation sites (N-methyl/N-ethyl adjacent to an activating group) is 1. The summed E-state index contributed by atoms with van der Waals surface area (Å²) in [6.45, 7) is 3.26. The molecule has 4 rings (SSSR count). The number of amides is 2. The van der Waals surface area contributed by atoms with Gasteiger partial charge >= 0.3 is 0 Å². The molecule has 7 nitrogen and oxygen atoms in total. The molecule has 0 bridgehead atoms. The predicted octanol–water partition coefficient (Wildman–Crippen LogP) is 5.02. The van der Waals surface area contributed by atoms with Crippen LogP contribution in [0.3, 0.4) is 0 Å². The number of anilines is 1. The largest absolute Gasteiger partial charge is 0.357 e. The van der Waals surface area contributed by atoms with E-state index < -0.39 is 34.3 Å². The van der Waals surface area contributed by atoms with Gasteiger partial charge in [-0.05, 0) is 61.4 Å². The lowest BCUT2D eigenvalue weighted by molar-refractivity contribution is -0.139. The summed E-state index contributed by atoms with van der Waals surface area (Å²) in [5.41, 5.74) is 3.66. The molecule has 42 heavy (non-hydrogen) atoms. The van der Waals surface area contributed by atoms with Gasteiger partial charge in [-0.15, -0.1) is 0 Å². The van der Waals surface area contributed by atoms with Crippen LogP contribution < -0.4 is 9.62 Å². The van der Waals surface area contributed by atoms with Gasteiger partial charge in [0.1, 0.15) is 18.4 Å². The molecule has 0 saturated carbocycles. The minimum atomic E-state index is -4.24. The first-order valence-electron chi connectivity index (χ1n) is 13.5. The summed E-state index contributed by atoms with van der Waals surface area (Å²) in [6.07, 6.45) is 0.222. The summed E-state index contributed by atoms with van der Waals surface area (Å²) in [5, 5.41) is 2.66. The maximum Gasteiger partial charge on any atom is 0.264 e. The number of nitrogens with zero attached hydrogens (tertiary/aromatic N) is 2. The summed E-state index contributed by atoms with van der Waals surface area (Å²) >= 11 is 0. The zero-order valence-electron chi connectivity index (χ0n) is 23.8. The van der Waals surface area contributed by atoms with E-state index in [0.717, 1.165) is 38.7 Å². The summed E-state index contributed by atoms with van der Waals surface area (Å²) < 4.78 is 42.6. The van der Waals surface area contributed by atoms with Gasteiger partial charge in [0.05, 0.1) is 10.6 Å². The van der Waals surface area contributed by atoms with E-state index in [9.17, 15) is 22.4 Å². The molecule has 0 fully saturated rings. The van der Waals surface area contributed by atoms with Gasteiger partial charge in [-0.1, -0.05) is 77.9 Å². The second kappa shape index (κ2) is 13.4. The fourth-order valence-electron chi connectivity index (χ4n) is 4.58. The summed E-state index contributed by atoms with van der Waals surface area (Å²) in [7, 11) is -2.74. The third-order valence-electron chi connectivity index (χ3n) is 6.99. The van der Waals surface area contributed by atoms with E-state index in [1.807, 2.05) is 68.4 Å². The van der Waals surface area contributed by atoms with Crippen LogP contribution in [0, 0.1) is 19.7 Å². The first kappa shape index (κ1) is 30.5. The quantitative estimate of drug-likeness (QED) is 0.267. The number of hydrogen-bond acceptors (Lipinski definition) is 4. The summed E-state index contributed by atoms with van der Waals surface area (Å²) in [6, 6.07) is 27.2. The first-order chi connectivity index (χ1) is 20.1. The highest BCUT2D eigenvalue weighted by atomic mass is 32.2. The lowest BCUT2D eigenvalue weighted by Crippen LogP contribution is -2.53. The number of rotatable bonds is 11. The molecule has 0 aliphatic carbocycles. The van der Waals surface area contributed by atoms with Crippen LogP contribution in [0.25, 0.3) is 0 Å². The molecule has 0 aliphatic rings. The van der Waals surface area contributed by atoms with Crippen molar-refractivity contribution in [3.05, 3.63) is 131 Å². The Labute approximate surface area is 246 Å². The molecule has 1 atom stereocenters.